The van der Waals surface area contributed by atoms with Gasteiger partial charge in [0.15, 0.2) is 5.82 Å². The summed E-state index contributed by atoms with van der Waals surface area (Å²) in [5.41, 5.74) is 2.89. The second kappa shape index (κ2) is 9.46. The summed E-state index contributed by atoms with van der Waals surface area (Å²) in [6.45, 7) is 4.38. The van der Waals surface area contributed by atoms with Gasteiger partial charge < -0.3 is 10.2 Å². The largest absolute Gasteiger partial charge is 0.347 e. The molecule has 32 heavy (non-hydrogen) atoms. The zero-order chi connectivity index (χ0) is 22.7. The monoisotopic (exact) mass is 435 g/mol. The SMILES string of the molecule is CC(=O)NCC(=O)N1CCCC[C@H]1c1nc(C)c2c(n1)N(Cc1ccccc1)C(=O)CC2. The van der Waals surface area contributed by atoms with Crippen molar-refractivity contribution < 1.29 is 14.4 Å². The van der Waals surface area contributed by atoms with Crippen molar-refractivity contribution in [2.75, 3.05) is 18.0 Å². The zero-order valence-electron chi connectivity index (χ0n) is 18.6. The molecule has 1 aromatic heterocycles. The molecule has 0 radical (unpaired) electrons. The lowest BCUT2D eigenvalue weighted by atomic mass is 9.99. The highest BCUT2D eigenvalue weighted by Gasteiger charge is 2.33. The van der Waals surface area contributed by atoms with Gasteiger partial charge in [0.05, 0.1) is 19.1 Å². The number of carbonyl (C=O) groups is 3. The van der Waals surface area contributed by atoms with E-state index in [1.54, 1.807) is 9.80 Å². The number of aromatic nitrogens is 2. The molecule has 1 N–H and O–H groups in total. The maximum atomic E-state index is 12.8. The summed E-state index contributed by atoms with van der Waals surface area (Å²) in [5.74, 6) is 0.911. The lowest BCUT2D eigenvalue weighted by molar-refractivity contribution is -0.136. The van der Waals surface area contributed by atoms with Crippen molar-refractivity contribution in [3.63, 3.8) is 0 Å². The first-order chi connectivity index (χ1) is 15.4. The van der Waals surface area contributed by atoms with Crippen molar-refractivity contribution >= 4 is 23.5 Å². The van der Waals surface area contributed by atoms with E-state index in [0.29, 0.717) is 37.6 Å². The van der Waals surface area contributed by atoms with E-state index in [1.807, 2.05) is 37.3 Å². The molecule has 2 aliphatic rings. The Balaban J connectivity index is 1.66. The maximum absolute atomic E-state index is 12.8. The highest BCUT2D eigenvalue weighted by Crippen LogP contribution is 2.34. The van der Waals surface area contributed by atoms with Crippen LogP contribution in [0.15, 0.2) is 30.3 Å². The van der Waals surface area contributed by atoms with Crippen LogP contribution in [0.25, 0.3) is 0 Å². The van der Waals surface area contributed by atoms with Gasteiger partial charge in [-0.2, -0.15) is 0 Å². The highest BCUT2D eigenvalue weighted by molar-refractivity contribution is 5.95. The molecule has 0 saturated carbocycles. The number of fused-ring (bicyclic) bond motifs is 1. The van der Waals surface area contributed by atoms with Crippen LogP contribution in [0.4, 0.5) is 5.82 Å². The van der Waals surface area contributed by atoms with Gasteiger partial charge in [0.1, 0.15) is 5.82 Å². The number of hydrogen-bond acceptors (Lipinski definition) is 5. The summed E-state index contributed by atoms with van der Waals surface area (Å²) in [4.78, 5) is 50.1. The smallest absolute Gasteiger partial charge is 0.242 e. The summed E-state index contributed by atoms with van der Waals surface area (Å²) in [6.07, 6.45) is 3.71. The van der Waals surface area contributed by atoms with Crippen molar-refractivity contribution in [1.29, 1.82) is 0 Å². The van der Waals surface area contributed by atoms with Gasteiger partial charge in [-0.1, -0.05) is 30.3 Å². The van der Waals surface area contributed by atoms with Crippen LogP contribution in [-0.2, 0) is 27.3 Å². The number of hydrogen-bond donors (Lipinski definition) is 1. The lowest BCUT2D eigenvalue weighted by Crippen LogP contribution is -2.44. The molecular weight excluding hydrogens is 406 g/mol. The van der Waals surface area contributed by atoms with Crippen LogP contribution in [0, 0.1) is 6.92 Å². The van der Waals surface area contributed by atoms with E-state index in [0.717, 1.165) is 36.1 Å². The molecule has 0 unspecified atom stereocenters. The van der Waals surface area contributed by atoms with Gasteiger partial charge >= 0.3 is 0 Å². The lowest BCUT2D eigenvalue weighted by Gasteiger charge is -2.36. The molecule has 1 saturated heterocycles. The number of benzene rings is 1. The summed E-state index contributed by atoms with van der Waals surface area (Å²) in [5, 5.41) is 2.59. The summed E-state index contributed by atoms with van der Waals surface area (Å²) < 4.78 is 0. The van der Waals surface area contributed by atoms with E-state index in [2.05, 4.69) is 5.32 Å². The molecule has 2 aromatic rings. The van der Waals surface area contributed by atoms with E-state index in [9.17, 15) is 14.4 Å². The Kier molecular flexibility index (Phi) is 6.48. The Morgan fingerprint density at radius 2 is 1.91 bits per heavy atom. The standard InChI is InChI=1S/C24H29N5O3/c1-16-19-11-12-21(31)29(15-18-8-4-3-5-9-18)24(19)27-23(26-16)20-10-6-7-13-28(20)22(32)14-25-17(2)30/h3-5,8-9,20H,6-7,10-15H2,1-2H3,(H,25,30)/t20-/m0/s1. The number of nitrogens with zero attached hydrogens (tertiary/aromatic N) is 4. The first-order valence-electron chi connectivity index (χ1n) is 11.2. The molecule has 3 heterocycles. The van der Waals surface area contributed by atoms with E-state index < -0.39 is 0 Å². The van der Waals surface area contributed by atoms with Crippen LogP contribution in [0.5, 0.6) is 0 Å². The van der Waals surface area contributed by atoms with Crippen LogP contribution in [0.3, 0.4) is 0 Å². The van der Waals surface area contributed by atoms with Crippen molar-refractivity contribution in [3.8, 4) is 0 Å². The van der Waals surface area contributed by atoms with E-state index in [4.69, 9.17) is 9.97 Å². The molecule has 1 fully saturated rings. The highest BCUT2D eigenvalue weighted by atomic mass is 16.2. The molecule has 0 aliphatic carbocycles. The minimum Gasteiger partial charge on any atom is -0.347 e. The molecule has 1 aromatic carbocycles. The number of likely N-dealkylation sites (tertiary alicyclic amines) is 1. The number of piperidine rings is 1. The van der Waals surface area contributed by atoms with Crippen LogP contribution >= 0.6 is 0 Å². The Hall–Kier alpha value is -3.29. The summed E-state index contributed by atoms with van der Waals surface area (Å²) in [6, 6.07) is 9.61. The topological polar surface area (TPSA) is 95.5 Å². The van der Waals surface area contributed by atoms with Gasteiger partial charge in [-0.05, 0) is 38.2 Å². The first-order valence-corrected chi connectivity index (χ1v) is 11.2. The van der Waals surface area contributed by atoms with Crippen molar-refractivity contribution in [2.45, 2.75) is 58.5 Å². The molecule has 2 aliphatic heterocycles. The fourth-order valence-corrected chi connectivity index (χ4v) is 4.48. The number of amides is 3. The summed E-state index contributed by atoms with van der Waals surface area (Å²) >= 11 is 0. The van der Waals surface area contributed by atoms with Gasteiger partial charge in [0.25, 0.3) is 0 Å². The van der Waals surface area contributed by atoms with E-state index in [1.165, 1.54) is 6.92 Å². The van der Waals surface area contributed by atoms with Gasteiger partial charge in [-0.3, -0.25) is 19.3 Å². The van der Waals surface area contributed by atoms with Crippen LogP contribution in [0.2, 0.25) is 0 Å². The molecular formula is C24H29N5O3. The Bertz CT molecular complexity index is 1020. The third-order valence-electron chi connectivity index (χ3n) is 6.15. The number of rotatable bonds is 5. The third-order valence-corrected chi connectivity index (χ3v) is 6.15. The third kappa shape index (κ3) is 4.64. The Morgan fingerprint density at radius 1 is 1.12 bits per heavy atom. The van der Waals surface area contributed by atoms with Gasteiger partial charge in [-0.25, -0.2) is 9.97 Å². The predicted molar refractivity (Wildman–Crippen MR) is 120 cm³/mol. The van der Waals surface area contributed by atoms with E-state index in [-0.39, 0.29) is 30.3 Å². The van der Waals surface area contributed by atoms with Gasteiger partial charge in [-0.15, -0.1) is 0 Å². The molecule has 8 nitrogen and oxygen atoms in total. The van der Waals surface area contributed by atoms with Crippen LogP contribution < -0.4 is 10.2 Å². The Labute approximate surface area is 188 Å². The molecule has 3 amide bonds. The number of aryl methyl sites for hydroxylation is 1. The van der Waals surface area contributed by atoms with Crippen molar-refractivity contribution in [1.82, 2.24) is 20.2 Å². The van der Waals surface area contributed by atoms with Gasteiger partial charge in [0.2, 0.25) is 17.7 Å². The molecule has 4 rings (SSSR count). The average Bonchev–Trinajstić information content (AvgIpc) is 2.80. The second-order valence-electron chi connectivity index (χ2n) is 8.44. The molecule has 0 bridgehead atoms. The van der Waals surface area contributed by atoms with Gasteiger partial charge in [0, 0.05) is 31.1 Å². The normalized spacial score (nSPS) is 18.3. The van der Waals surface area contributed by atoms with Crippen LogP contribution in [-0.4, -0.2) is 45.7 Å². The second-order valence-corrected chi connectivity index (χ2v) is 8.44. The predicted octanol–water partition coefficient (Wildman–Crippen LogP) is 2.45. The summed E-state index contributed by atoms with van der Waals surface area (Å²) in [7, 11) is 0. The molecule has 0 spiro atoms. The number of nitrogens with one attached hydrogen (secondary N) is 1. The molecule has 1 atom stereocenters. The zero-order valence-corrected chi connectivity index (χ0v) is 18.6. The quantitative estimate of drug-likeness (QED) is 0.778. The minimum absolute atomic E-state index is 0.0334. The molecule has 168 valence electrons. The maximum Gasteiger partial charge on any atom is 0.242 e. The number of anilines is 1. The fraction of sp³-hybridized carbons (Fsp3) is 0.458. The van der Waals surface area contributed by atoms with Crippen molar-refractivity contribution in [2.24, 2.45) is 0 Å². The fourth-order valence-electron chi connectivity index (χ4n) is 4.48. The van der Waals surface area contributed by atoms with E-state index >= 15 is 0 Å². The molecule has 8 heteroatoms. The first kappa shape index (κ1) is 21.9. The van der Waals surface area contributed by atoms with Crippen LogP contribution in [0.1, 0.15) is 61.3 Å². The Morgan fingerprint density at radius 3 is 2.66 bits per heavy atom. The van der Waals surface area contributed by atoms with Crippen molar-refractivity contribution in [3.05, 3.63) is 53.0 Å². The minimum atomic E-state index is -0.260. The average molecular weight is 436 g/mol. The number of carbonyl (C=O) groups excluding carboxylic acids is 3.